The van der Waals surface area contributed by atoms with Crippen LogP contribution in [0, 0.1) is 5.82 Å². The lowest BCUT2D eigenvalue weighted by Gasteiger charge is -2.33. The predicted molar refractivity (Wildman–Crippen MR) is 98.5 cm³/mol. The van der Waals surface area contributed by atoms with Crippen molar-refractivity contribution in [3.63, 3.8) is 0 Å². The van der Waals surface area contributed by atoms with Crippen LogP contribution in [0.4, 0.5) is 22.0 Å². The van der Waals surface area contributed by atoms with Gasteiger partial charge in [-0.2, -0.15) is 13.2 Å². The van der Waals surface area contributed by atoms with Gasteiger partial charge >= 0.3 is 6.18 Å². The molecule has 0 radical (unpaired) electrons. The fourth-order valence-electron chi connectivity index (χ4n) is 3.02. The highest BCUT2D eigenvalue weighted by Gasteiger charge is 2.42. The van der Waals surface area contributed by atoms with Crippen LogP contribution in [-0.2, 0) is 22.9 Å². The third-order valence-corrected chi connectivity index (χ3v) is 4.99. The van der Waals surface area contributed by atoms with Crippen molar-refractivity contribution < 1.29 is 31.5 Å². The van der Waals surface area contributed by atoms with E-state index in [0.717, 1.165) is 6.07 Å². The van der Waals surface area contributed by atoms with E-state index in [-0.39, 0.29) is 29.3 Å². The summed E-state index contributed by atoms with van der Waals surface area (Å²) in [6, 6.07) is 3.89. The SMILES string of the molecule is C[C@]1(c2cc(CC(=O)c3ncc(C(F)(F)F)cc3Cl)ccc2F)N=C(N)OC[C@H]1F. The molecule has 0 spiro atoms. The van der Waals surface area contributed by atoms with E-state index in [4.69, 9.17) is 22.1 Å². The number of aliphatic imine (C=N–C) groups is 1. The Hall–Kier alpha value is -2.75. The average molecular weight is 448 g/mol. The molecule has 1 aromatic carbocycles. The molecule has 1 aromatic heterocycles. The van der Waals surface area contributed by atoms with Crippen LogP contribution < -0.4 is 5.73 Å². The fraction of sp³-hybridized carbons (Fsp3) is 0.316. The Morgan fingerprint density at radius 3 is 2.70 bits per heavy atom. The highest BCUT2D eigenvalue weighted by atomic mass is 35.5. The normalized spacial score (nSPS) is 21.7. The van der Waals surface area contributed by atoms with Crippen LogP contribution in [0.15, 0.2) is 35.5 Å². The zero-order valence-corrected chi connectivity index (χ0v) is 16.2. The highest BCUT2D eigenvalue weighted by molar-refractivity contribution is 6.33. The molecule has 160 valence electrons. The minimum Gasteiger partial charge on any atom is -0.462 e. The van der Waals surface area contributed by atoms with Gasteiger partial charge in [-0.3, -0.25) is 9.78 Å². The first-order valence-corrected chi connectivity index (χ1v) is 8.96. The smallest absolute Gasteiger partial charge is 0.417 e. The number of Topliss-reactive ketones (excluding diaryl/α,β-unsaturated/α-hetero) is 1. The molecule has 1 aliphatic heterocycles. The first-order chi connectivity index (χ1) is 13.9. The summed E-state index contributed by atoms with van der Waals surface area (Å²) in [5, 5.41) is -0.463. The summed E-state index contributed by atoms with van der Waals surface area (Å²) in [6.45, 7) is 0.921. The van der Waals surface area contributed by atoms with Gasteiger partial charge in [0.05, 0.1) is 10.6 Å². The Bertz CT molecular complexity index is 1030. The Kier molecular flexibility index (Phi) is 5.72. The summed E-state index contributed by atoms with van der Waals surface area (Å²) in [5.41, 5.74) is 2.50. The van der Waals surface area contributed by atoms with Gasteiger partial charge in [0.25, 0.3) is 6.02 Å². The summed E-state index contributed by atoms with van der Waals surface area (Å²) in [4.78, 5) is 19.9. The quantitative estimate of drug-likeness (QED) is 0.562. The number of carbonyl (C=O) groups is 1. The van der Waals surface area contributed by atoms with Crippen LogP contribution in [0.25, 0.3) is 0 Å². The van der Waals surface area contributed by atoms with E-state index in [1.54, 1.807) is 0 Å². The van der Waals surface area contributed by atoms with E-state index in [2.05, 4.69) is 9.98 Å². The number of pyridine rings is 1. The van der Waals surface area contributed by atoms with Crippen molar-refractivity contribution in [2.75, 3.05) is 6.61 Å². The lowest BCUT2D eigenvalue weighted by Crippen LogP contribution is -2.43. The molecule has 2 aromatic rings. The van der Waals surface area contributed by atoms with Crippen molar-refractivity contribution in [1.82, 2.24) is 4.98 Å². The lowest BCUT2D eigenvalue weighted by molar-refractivity contribution is -0.137. The number of nitrogens with zero attached hydrogens (tertiary/aromatic N) is 2. The Balaban J connectivity index is 1.91. The number of benzene rings is 1. The van der Waals surface area contributed by atoms with Crippen LogP contribution in [-0.4, -0.2) is 29.6 Å². The molecule has 0 bridgehead atoms. The number of hydrogen-bond donors (Lipinski definition) is 1. The molecule has 0 unspecified atom stereocenters. The van der Waals surface area contributed by atoms with E-state index in [1.807, 2.05) is 0 Å². The number of carbonyl (C=O) groups excluding carboxylic acids is 1. The third-order valence-electron chi connectivity index (χ3n) is 4.70. The minimum atomic E-state index is -4.66. The van der Waals surface area contributed by atoms with Crippen LogP contribution in [0.3, 0.4) is 0 Å². The van der Waals surface area contributed by atoms with Gasteiger partial charge in [-0.1, -0.05) is 17.7 Å². The maximum Gasteiger partial charge on any atom is 0.417 e. The molecule has 0 aliphatic carbocycles. The number of amidine groups is 1. The number of alkyl halides is 4. The Morgan fingerprint density at radius 1 is 1.37 bits per heavy atom. The molecule has 0 amide bonds. The molecular formula is C19H15ClF5N3O2. The summed E-state index contributed by atoms with van der Waals surface area (Å²) >= 11 is 5.79. The van der Waals surface area contributed by atoms with Crippen molar-refractivity contribution in [3.8, 4) is 0 Å². The number of aromatic nitrogens is 1. The number of hydrogen-bond acceptors (Lipinski definition) is 5. The van der Waals surface area contributed by atoms with E-state index in [0.29, 0.717) is 12.3 Å². The largest absolute Gasteiger partial charge is 0.462 e. The van der Waals surface area contributed by atoms with Crippen molar-refractivity contribution in [2.45, 2.75) is 31.2 Å². The van der Waals surface area contributed by atoms with E-state index in [9.17, 15) is 26.7 Å². The summed E-state index contributed by atoms with van der Waals surface area (Å²) in [6.07, 6.45) is -6.21. The van der Waals surface area contributed by atoms with Gasteiger partial charge in [-0.25, -0.2) is 13.8 Å². The van der Waals surface area contributed by atoms with Crippen molar-refractivity contribution in [3.05, 3.63) is 63.7 Å². The predicted octanol–water partition coefficient (Wildman–Crippen LogP) is 4.22. The monoisotopic (exact) mass is 447 g/mol. The maximum absolute atomic E-state index is 14.5. The van der Waals surface area contributed by atoms with Gasteiger partial charge in [-0.05, 0) is 30.7 Å². The first kappa shape index (κ1) is 21.9. The highest BCUT2D eigenvalue weighted by Crippen LogP contribution is 2.36. The molecule has 3 rings (SSSR count). The second kappa shape index (κ2) is 7.82. The lowest BCUT2D eigenvalue weighted by atomic mass is 9.85. The zero-order valence-electron chi connectivity index (χ0n) is 15.4. The van der Waals surface area contributed by atoms with Crippen LogP contribution in [0.1, 0.15) is 34.1 Å². The molecule has 30 heavy (non-hydrogen) atoms. The molecule has 1 aliphatic rings. The van der Waals surface area contributed by atoms with Crippen molar-refractivity contribution >= 4 is 23.4 Å². The molecular weight excluding hydrogens is 433 g/mol. The molecule has 5 nitrogen and oxygen atoms in total. The van der Waals surface area contributed by atoms with Crippen LogP contribution >= 0.6 is 11.6 Å². The third kappa shape index (κ3) is 4.23. The standard InChI is InChI=1S/C19H15ClF5N3O2/c1-18(15(22)8-30-17(26)28-18)11-4-9(2-3-13(11)21)5-14(29)16-12(20)6-10(7-27-16)19(23,24)25/h2-4,6-7,15H,5,8H2,1H3,(H2,26,28)/t15-,18-/m1/s1. The van der Waals surface area contributed by atoms with E-state index >= 15 is 0 Å². The molecule has 2 atom stereocenters. The second-order valence-electron chi connectivity index (χ2n) is 6.84. The van der Waals surface area contributed by atoms with Crippen LogP contribution in [0.5, 0.6) is 0 Å². The average Bonchev–Trinajstić information content (AvgIpc) is 2.65. The zero-order chi connectivity index (χ0) is 22.3. The second-order valence-corrected chi connectivity index (χ2v) is 7.25. The molecule has 0 saturated heterocycles. The van der Waals surface area contributed by atoms with Crippen molar-refractivity contribution in [2.24, 2.45) is 10.7 Å². The summed E-state index contributed by atoms with van der Waals surface area (Å²) in [5.74, 6) is -1.45. The Morgan fingerprint density at radius 2 is 2.07 bits per heavy atom. The number of rotatable bonds is 4. The van der Waals surface area contributed by atoms with Crippen molar-refractivity contribution in [1.29, 1.82) is 0 Å². The van der Waals surface area contributed by atoms with E-state index < -0.39 is 46.7 Å². The summed E-state index contributed by atoms with van der Waals surface area (Å²) < 4.78 is 71.9. The summed E-state index contributed by atoms with van der Waals surface area (Å²) in [7, 11) is 0. The van der Waals surface area contributed by atoms with Gasteiger partial charge in [0.2, 0.25) is 0 Å². The number of ketones is 1. The van der Waals surface area contributed by atoms with Gasteiger partial charge in [0.1, 0.15) is 23.7 Å². The van der Waals surface area contributed by atoms with Gasteiger partial charge in [-0.15, -0.1) is 0 Å². The first-order valence-electron chi connectivity index (χ1n) is 8.59. The van der Waals surface area contributed by atoms with Crippen LogP contribution in [0.2, 0.25) is 5.02 Å². The maximum atomic E-state index is 14.5. The van der Waals surface area contributed by atoms with Gasteiger partial charge < -0.3 is 10.5 Å². The molecule has 2 N–H and O–H groups in total. The Labute approximate surface area is 172 Å². The molecule has 0 fully saturated rings. The number of ether oxygens (including phenoxy) is 1. The molecule has 2 heterocycles. The molecule has 11 heteroatoms. The van der Waals surface area contributed by atoms with Gasteiger partial charge in [0.15, 0.2) is 12.0 Å². The number of nitrogens with two attached hydrogens (primary N) is 1. The van der Waals surface area contributed by atoms with E-state index in [1.165, 1.54) is 19.1 Å². The fourth-order valence-corrected chi connectivity index (χ4v) is 3.29. The topological polar surface area (TPSA) is 77.6 Å². The van der Waals surface area contributed by atoms with Gasteiger partial charge in [0, 0.05) is 18.2 Å². The minimum absolute atomic E-state index is 0.141. The molecule has 0 saturated carbocycles. The number of halogens is 6.